The minimum absolute atomic E-state index is 0.155. The van der Waals surface area contributed by atoms with E-state index in [1.165, 1.54) is 0 Å². The lowest BCUT2D eigenvalue weighted by Gasteiger charge is -2.14. The fraction of sp³-hybridized carbons (Fsp3) is 0.333. The van der Waals surface area contributed by atoms with Gasteiger partial charge in [0.05, 0.1) is 6.04 Å². The van der Waals surface area contributed by atoms with E-state index in [-0.39, 0.29) is 11.9 Å². The van der Waals surface area contributed by atoms with Crippen LogP contribution in [0.4, 0.5) is 5.69 Å². The van der Waals surface area contributed by atoms with Crippen LogP contribution in [0, 0.1) is 6.92 Å². The lowest BCUT2D eigenvalue weighted by Crippen LogP contribution is -2.35. The van der Waals surface area contributed by atoms with Crippen LogP contribution in [0.1, 0.15) is 22.8 Å². The van der Waals surface area contributed by atoms with Crippen molar-refractivity contribution in [1.82, 2.24) is 5.32 Å². The van der Waals surface area contributed by atoms with Gasteiger partial charge in [0, 0.05) is 11.3 Å². The van der Waals surface area contributed by atoms with Crippen LogP contribution < -0.4 is 16.4 Å². The van der Waals surface area contributed by atoms with Crippen molar-refractivity contribution >= 4 is 17.5 Å². The van der Waals surface area contributed by atoms with Crippen molar-refractivity contribution in [3.05, 3.63) is 29.3 Å². The maximum absolute atomic E-state index is 11.7. The van der Waals surface area contributed by atoms with Gasteiger partial charge in [0.1, 0.15) is 0 Å². The van der Waals surface area contributed by atoms with Crippen molar-refractivity contribution in [3.8, 4) is 0 Å². The second-order valence-electron chi connectivity index (χ2n) is 3.84. The molecule has 0 radical (unpaired) electrons. The molecule has 2 amide bonds. The Morgan fingerprint density at radius 2 is 2.00 bits per heavy atom. The molecule has 0 saturated carbocycles. The van der Waals surface area contributed by atoms with Gasteiger partial charge >= 0.3 is 0 Å². The van der Waals surface area contributed by atoms with Gasteiger partial charge in [-0.3, -0.25) is 9.59 Å². The molecule has 0 bridgehead atoms. The van der Waals surface area contributed by atoms with Gasteiger partial charge in [0.2, 0.25) is 11.8 Å². The van der Waals surface area contributed by atoms with E-state index in [1.54, 1.807) is 39.1 Å². The normalized spacial score (nSPS) is 11.9. The van der Waals surface area contributed by atoms with Crippen molar-refractivity contribution in [2.75, 3.05) is 12.4 Å². The number of carbonyl (C=O) groups is 2. The number of amides is 2. The van der Waals surface area contributed by atoms with E-state index in [2.05, 4.69) is 10.6 Å². The zero-order chi connectivity index (χ0) is 13.0. The molecule has 5 nitrogen and oxygen atoms in total. The summed E-state index contributed by atoms with van der Waals surface area (Å²) in [5.74, 6) is -0.655. The molecule has 0 aromatic heterocycles. The molecule has 1 unspecified atom stereocenters. The average molecular weight is 235 g/mol. The number of benzene rings is 1. The molecular weight excluding hydrogens is 218 g/mol. The van der Waals surface area contributed by atoms with Crippen LogP contribution in [0.25, 0.3) is 0 Å². The first-order chi connectivity index (χ1) is 7.97. The van der Waals surface area contributed by atoms with Gasteiger partial charge in [-0.05, 0) is 38.6 Å². The molecule has 0 saturated heterocycles. The number of carbonyl (C=O) groups excluding carboxylic acids is 2. The number of likely N-dealkylation sites (N-methyl/N-ethyl adjacent to an activating group) is 1. The van der Waals surface area contributed by atoms with Crippen LogP contribution in [0.3, 0.4) is 0 Å². The van der Waals surface area contributed by atoms with Crippen LogP contribution in [0.2, 0.25) is 0 Å². The van der Waals surface area contributed by atoms with Gasteiger partial charge in [-0.25, -0.2) is 0 Å². The molecule has 1 aromatic rings. The standard InChI is InChI=1S/C12H17N3O2/c1-7-9(11(13)16)5-4-6-10(7)15-12(17)8(2)14-3/h4-6,8,14H,1-3H3,(H2,13,16)(H,15,17). The van der Waals surface area contributed by atoms with Crippen LogP contribution >= 0.6 is 0 Å². The molecule has 1 rings (SSSR count). The zero-order valence-corrected chi connectivity index (χ0v) is 10.2. The lowest BCUT2D eigenvalue weighted by atomic mass is 10.1. The zero-order valence-electron chi connectivity index (χ0n) is 10.2. The van der Waals surface area contributed by atoms with E-state index in [1.807, 2.05) is 0 Å². The molecule has 1 aromatic carbocycles. The number of nitrogens with two attached hydrogens (primary N) is 1. The number of primary amides is 1. The van der Waals surface area contributed by atoms with Gasteiger partial charge in [-0.2, -0.15) is 0 Å². The largest absolute Gasteiger partial charge is 0.366 e. The van der Waals surface area contributed by atoms with Crippen LogP contribution in [-0.2, 0) is 4.79 Å². The quantitative estimate of drug-likeness (QED) is 0.716. The molecule has 0 fully saturated rings. The summed E-state index contributed by atoms with van der Waals surface area (Å²) in [4.78, 5) is 22.8. The summed E-state index contributed by atoms with van der Waals surface area (Å²) in [6, 6.07) is 4.76. The Morgan fingerprint density at radius 1 is 1.35 bits per heavy atom. The smallest absolute Gasteiger partial charge is 0.249 e. The molecule has 5 heteroatoms. The van der Waals surface area contributed by atoms with E-state index in [9.17, 15) is 9.59 Å². The van der Waals surface area contributed by atoms with Crippen molar-refractivity contribution in [1.29, 1.82) is 0 Å². The average Bonchev–Trinajstić information content (AvgIpc) is 2.30. The first-order valence-corrected chi connectivity index (χ1v) is 5.35. The summed E-state index contributed by atoms with van der Waals surface area (Å²) in [6.45, 7) is 3.50. The Kier molecular flexibility index (Phi) is 4.23. The second-order valence-corrected chi connectivity index (χ2v) is 3.84. The maximum atomic E-state index is 11.7. The van der Waals surface area contributed by atoms with E-state index >= 15 is 0 Å². The van der Waals surface area contributed by atoms with Crippen LogP contribution in [0.5, 0.6) is 0 Å². The Morgan fingerprint density at radius 3 is 2.53 bits per heavy atom. The molecule has 4 N–H and O–H groups in total. The Bertz CT molecular complexity index is 443. The summed E-state index contributed by atoms with van der Waals surface area (Å²) in [5.41, 5.74) is 6.94. The highest BCUT2D eigenvalue weighted by Crippen LogP contribution is 2.18. The molecule has 0 spiro atoms. The predicted molar refractivity (Wildman–Crippen MR) is 66.8 cm³/mol. The third-order valence-corrected chi connectivity index (χ3v) is 2.68. The second kappa shape index (κ2) is 5.45. The highest BCUT2D eigenvalue weighted by molar-refractivity contribution is 5.99. The number of nitrogens with one attached hydrogen (secondary N) is 2. The molecular formula is C12H17N3O2. The molecule has 0 aliphatic rings. The number of hydrogen-bond donors (Lipinski definition) is 3. The third kappa shape index (κ3) is 3.04. The summed E-state index contributed by atoms with van der Waals surface area (Å²) >= 11 is 0. The van der Waals surface area contributed by atoms with Gasteiger partial charge in [0.25, 0.3) is 0 Å². The van der Waals surface area contributed by atoms with Gasteiger partial charge in [-0.15, -0.1) is 0 Å². The van der Waals surface area contributed by atoms with Crippen molar-refractivity contribution in [2.24, 2.45) is 5.73 Å². The Balaban J connectivity index is 2.96. The fourth-order valence-electron chi connectivity index (χ4n) is 1.41. The predicted octanol–water partition coefficient (Wildman–Crippen LogP) is 0.640. The molecule has 0 aliphatic carbocycles. The maximum Gasteiger partial charge on any atom is 0.249 e. The van der Waals surface area contributed by atoms with Gasteiger partial charge in [0.15, 0.2) is 0 Å². The Hall–Kier alpha value is -1.88. The third-order valence-electron chi connectivity index (χ3n) is 2.68. The number of rotatable bonds is 4. The first kappa shape index (κ1) is 13.2. The molecule has 0 heterocycles. The van der Waals surface area contributed by atoms with Crippen LogP contribution in [-0.4, -0.2) is 24.9 Å². The minimum Gasteiger partial charge on any atom is -0.366 e. The topological polar surface area (TPSA) is 84.2 Å². The van der Waals surface area contributed by atoms with Crippen molar-refractivity contribution in [3.63, 3.8) is 0 Å². The summed E-state index contributed by atoms with van der Waals surface area (Å²) in [7, 11) is 1.71. The summed E-state index contributed by atoms with van der Waals surface area (Å²) in [5, 5.41) is 5.59. The first-order valence-electron chi connectivity index (χ1n) is 5.35. The van der Waals surface area contributed by atoms with E-state index in [4.69, 9.17) is 5.73 Å². The molecule has 17 heavy (non-hydrogen) atoms. The molecule has 1 atom stereocenters. The van der Waals surface area contributed by atoms with E-state index in [0.29, 0.717) is 16.8 Å². The summed E-state index contributed by atoms with van der Waals surface area (Å²) in [6.07, 6.45) is 0. The van der Waals surface area contributed by atoms with Crippen LogP contribution in [0.15, 0.2) is 18.2 Å². The monoisotopic (exact) mass is 235 g/mol. The molecule has 0 aliphatic heterocycles. The molecule has 92 valence electrons. The number of hydrogen-bond acceptors (Lipinski definition) is 3. The minimum atomic E-state index is -0.500. The van der Waals surface area contributed by atoms with E-state index < -0.39 is 5.91 Å². The summed E-state index contributed by atoms with van der Waals surface area (Å²) < 4.78 is 0. The van der Waals surface area contributed by atoms with Crippen molar-refractivity contribution < 1.29 is 9.59 Å². The van der Waals surface area contributed by atoms with Crippen molar-refractivity contribution in [2.45, 2.75) is 19.9 Å². The van der Waals surface area contributed by atoms with E-state index in [0.717, 1.165) is 0 Å². The SMILES string of the molecule is CNC(C)C(=O)Nc1cccc(C(N)=O)c1C. The lowest BCUT2D eigenvalue weighted by molar-refractivity contribution is -0.117. The highest BCUT2D eigenvalue weighted by atomic mass is 16.2. The van der Waals surface area contributed by atoms with Gasteiger partial charge < -0.3 is 16.4 Å². The van der Waals surface area contributed by atoms with Gasteiger partial charge in [-0.1, -0.05) is 6.07 Å². The highest BCUT2D eigenvalue weighted by Gasteiger charge is 2.13. The number of anilines is 1. The Labute approximate surface area is 100 Å². The fourth-order valence-corrected chi connectivity index (χ4v) is 1.41.